The molecule has 1 heterocycles. The van der Waals surface area contributed by atoms with E-state index in [0.29, 0.717) is 18.2 Å². The summed E-state index contributed by atoms with van der Waals surface area (Å²) in [7, 11) is -3.75. The molecule has 136 valence electrons. The number of ether oxygens (including phenoxy) is 1. The molecule has 2 aromatic carbocycles. The molecule has 0 saturated carbocycles. The number of anilines is 1. The van der Waals surface area contributed by atoms with Gasteiger partial charge in [0.05, 0.1) is 29.4 Å². The van der Waals surface area contributed by atoms with Crippen molar-refractivity contribution in [3.8, 4) is 0 Å². The lowest BCUT2D eigenvalue weighted by atomic mass is 10.1. The lowest BCUT2D eigenvalue weighted by Gasteiger charge is -2.20. The Balaban J connectivity index is 1.69. The number of hydrogen-bond acceptors (Lipinski definition) is 5. The molecule has 0 atom stereocenters. The van der Waals surface area contributed by atoms with Crippen LogP contribution in [0, 0.1) is 0 Å². The molecule has 0 radical (unpaired) electrons. The standard InChI is InChI=1S/C18H18ClN3O3S/c1-2-25-13-20-26(23,24)17-9-7-16(8-10-17)22-12-11-18(21-22)14-3-5-15(19)6-4-14/h3-11,13,21H,2,12H2,1H3. The van der Waals surface area contributed by atoms with Crippen LogP contribution in [0.3, 0.4) is 0 Å². The van der Waals surface area contributed by atoms with Crippen LogP contribution in [0.5, 0.6) is 0 Å². The molecule has 26 heavy (non-hydrogen) atoms. The smallest absolute Gasteiger partial charge is 0.285 e. The van der Waals surface area contributed by atoms with E-state index in [1.165, 1.54) is 12.1 Å². The highest BCUT2D eigenvalue weighted by atomic mass is 35.5. The Morgan fingerprint density at radius 3 is 2.54 bits per heavy atom. The minimum atomic E-state index is -3.75. The predicted molar refractivity (Wildman–Crippen MR) is 104 cm³/mol. The van der Waals surface area contributed by atoms with Gasteiger partial charge in [0, 0.05) is 5.02 Å². The fourth-order valence-corrected chi connectivity index (χ4v) is 3.32. The second-order valence-electron chi connectivity index (χ2n) is 5.48. The minimum Gasteiger partial charge on any atom is -0.483 e. The number of nitrogens with one attached hydrogen (secondary N) is 1. The summed E-state index contributed by atoms with van der Waals surface area (Å²) < 4.78 is 32.5. The fraction of sp³-hybridized carbons (Fsp3) is 0.167. The van der Waals surface area contributed by atoms with Crippen molar-refractivity contribution >= 4 is 39.4 Å². The van der Waals surface area contributed by atoms with Crippen molar-refractivity contribution in [2.75, 3.05) is 18.2 Å². The van der Waals surface area contributed by atoms with Gasteiger partial charge in [-0.25, -0.2) is 0 Å². The highest BCUT2D eigenvalue weighted by Gasteiger charge is 2.17. The minimum absolute atomic E-state index is 0.113. The van der Waals surface area contributed by atoms with Crippen molar-refractivity contribution < 1.29 is 13.2 Å². The highest BCUT2D eigenvalue weighted by Crippen LogP contribution is 2.24. The monoisotopic (exact) mass is 391 g/mol. The molecular weight excluding hydrogens is 374 g/mol. The van der Waals surface area contributed by atoms with Crippen LogP contribution in [0.4, 0.5) is 5.69 Å². The molecule has 0 bridgehead atoms. The number of hydrazine groups is 1. The lowest BCUT2D eigenvalue weighted by molar-refractivity contribution is 0.344. The summed E-state index contributed by atoms with van der Waals surface area (Å²) >= 11 is 5.92. The van der Waals surface area contributed by atoms with Crippen LogP contribution >= 0.6 is 11.6 Å². The molecule has 6 nitrogen and oxygen atoms in total. The normalized spacial score (nSPS) is 14.4. The van der Waals surface area contributed by atoms with E-state index in [2.05, 4.69) is 15.9 Å². The van der Waals surface area contributed by atoms with Crippen molar-refractivity contribution in [2.24, 2.45) is 4.40 Å². The molecule has 8 heteroatoms. The first-order chi connectivity index (χ1) is 12.5. The van der Waals surface area contributed by atoms with E-state index in [-0.39, 0.29) is 4.90 Å². The average Bonchev–Trinajstić information content (AvgIpc) is 3.13. The van der Waals surface area contributed by atoms with Gasteiger partial charge in [0.15, 0.2) is 6.40 Å². The van der Waals surface area contributed by atoms with Crippen molar-refractivity contribution in [3.05, 3.63) is 65.2 Å². The first-order valence-electron chi connectivity index (χ1n) is 8.00. The molecule has 0 amide bonds. The van der Waals surface area contributed by atoms with Gasteiger partial charge in [0.2, 0.25) is 0 Å². The van der Waals surface area contributed by atoms with Gasteiger partial charge in [-0.05, 0) is 55.0 Å². The molecule has 1 N–H and O–H groups in total. The Bertz CT molecular complexity index is 923. The van der Waals surface area contributed by atoms with Crippen molar-refractivity contribution in [2.45, 2.75) is 11.8 Å². The van der Waals surface area contributed by atoms with Gasteiger partial charge in [-0.3, -0.25) is 10.4 Å². The molecule has 1 aliphatic heterocycles. The second-order valence-corrected chi connectivity index (χ2v) is 7.55. The van der Waals surface area contributed by atoms with Crippen molar-refractivity contribution in [1.82, 2.24) is 5.43 Å². The maximum atomic E-state index is 12.1. The topological polar surface area (TPSA) is 71.0 Å². The van der Waals surface area contributed by atoms with Crippen molar-refractivity contribution in [1.29, 1.82) is 0 Å². The summed E-state index contributed by atoms with van der Waals surface area (Å²) in [6.07, 6.45) is 3.01. The molecule has 0 spiro atoms. The molecule has 3 rings (SSSR count). The number of hydrogen-bond donors (Lipinski definition) is 1. The molecule has 0 aromatic heterocycles. The third kappa shape index (κ3) is 4.17. The molecule has 0 saturated heterocycles. The fourth-order valence-electron chi connectivity index (χ4n) is 2.42. The van der Waals surface area contributed by atoms with Gasteiger partial charge >= 0.3 is 0 Å². The van der Waals surface area contributed by atoms with Crippen LogP contribution in [-0.2, 0) is 14.8 Å². The predicted octanol–water partition coefficient (Wildman–Crippen LogP) is 3.46. The van der Waals surface area contributed by atoms with E-state index in [1.54, 1.807) is 19.1 Å². The van der Waals surface area contributed by atoms with E-state index in [0.717, 1.165) is 23.3 Å². The second kappa shape index (κ2) is 7.80. The summed E-state index contributed by atoms with van der Waals surface area (Å²) in [6, 6.07) is 14.1. The third-order valence-corrected chi connectivity index (χ3v) is 5.24. The van der Waals surface area contributed by atoms with E-state index < -0.39 is 10.0 Å². The summed E-state index contributed by atoms with van der Waals surface area (Å²) in [6.45, 7) is 2.77. The number of halogens is 1. The van der Waals surface area contributed by atoms with Crippen LogP contribution < -0.4 is 10.4 Å². The van der Waals surface area contributed by atoms with Gasteiger partial charge in [0.25, 0.3) is 10.0 Å². The first kappa shape index (κ1) is 18.3. The Kier molecular flexibility index (Phi) is 5.49. The summed E-state index contributed by atoms with van der Waals surface area (Å²) in [4.78, 5) is 0.113. The van der Waals surface area contributed by atoms with Gasteiger partial charge in [0.1, 0.15) is 0 Å². The van der Waals surface area contributed by atoms with E-state index in [4.69, 9.17) is 16.3 Å². The highest BCUT2D eigenvalue weighted by molar-refractivity contribution is 7.90. The SMILES string of the molecule is CCOC=NS(=O)(=O)c1ccc(N2CC=C(c3ccc(Cl)cc3)N2)cc1. The summed E-state index contributed by atoms with van der Waals surface area (Å²) in [5.41, 5.74) is 6.14. The Hall–Kier alpha value is -2.51. The maximum absolute atomic E-state index is 12.1. The van der Waals surface area contributed by atoms with Crippen LogP contribution in [0.2, 0.25) is 5.02 Å². The number of benzene rings is 2. The Morgan fingerprint density at radius 2 is 1.88 bits per heavy atom. The number of nitrogens with zero attached hydrogens (tertiary/aromatic N) is 2. The maximum Gasteiger partial charge on any atom is 0.285 e. The molecule has 1 aliphatic rings. The van der Waals surface area contributed by atoms with Crippen LogP contribution in [0.1, 0.15) is 12.5 Å². The molecular formula is C18H18ClN3O3S. The van der Waals surface area contributed by atoms with Gasteiger partial charge in [-0.15, -0.1) is 4.40 Å². The molecule has 0 aliphatic carbocycles. The zero-order valence-electron chi connectivity index (χ0n) is 14.1. The average molecular weight is 392 g/mol. The number of sulfonamides is 1. The van der Waals surface area contributed by atoms with Crippen LogP contribution in [0.15, 0.2) is 63.9 Å². The van der Waals surface area contributed by atoms with Crippen molar-refractivity contribution in [3.63, 3.8) is 0 Å². The van der Waals surface area contributed by atoms with E-state index in [9.17, 15) is 8.42 Å². The molecule has 0 fully saturated rings. The molecule has 2 aromatic rings. The number of rotatable bonds is 6. The van der Waals surface area contributed by atoms with Crippen LogP contribution in [0.25, 0.3) is 5.70 Å². The third-order valence-electron chi connectivity index (χ3n) is 3.76. The van der Waals surface area contributed by atoms with Gasteiger partial charge in [-0.2, -0.15) is 8.42 Å². The Morgan fingerprint density at radius 1 is 1.19 bits per heavy atom. The van der Waals surface area contributed by atoms with Crippen LogP contribution in [-0.4, -0.2) is 28.0 Å². The summed E-state index contributed by atoms with van der Waals surface area (Å²) in [5.74, 6) is 0. The van der Waals surface area contributed by atoms with Gasteiger partial charge < -0.3 is 4.74 Å². The Labute approximate surface area is 157 Å². The zero-order valence-corrected chi connectivity index (χ0v) is 15.7. The van der Waals surface area contributed by atoms with E-state index >= 15 is 0 Å². The van der Waals surface area contributed by atoms with E-state index in [1.807, 2.05) is 29.3 Å². The first-order valence-corrected chi connectivity index (χ1v) is 9.82. The molecule has 0 unspecified atom stereocenters. The zero-order chi connectivity index (χ0) is 18.6. The van der Waals surface area contributed by atoms with Gasteiger partial charge in [-0.1, -0.05) is 23.7 Å². The quantitative estimate of drug-likeness (QED) is 0.603. The summed E-state index contributed by atoms with van der Waals surface area (Å²) in [5, 5.41) is 2.61. The lowest BCUT2D eigenvalue weighted by Crippen LogP contribution is -2.31. The largest absolute Gasteiger partial charge is 0.483 e.